The SMILES string of the molecule is O=C(CC1CSCCN1)NCCCOc1cccc2cccnc12. The Morgan fingerprint density at radius 1 is 1.38 bits per heavy atom. The van der Waals surface area contributed by atoms with Gasteiger partial charge in [-0.1, -0.05) is 18.2 Å². The number of nitrogens with one attached hydrogen (secondary N) is 2. The second kappa shape index (κ2) is 8.89. The van der Waals surface area contributed by atoms with Gasteiger partial charge in [0.25, 0.3) is 0 Å². The predicted molar refractivity (Wildman–Crippen MR) is 98.6 cm³/mol. The van der Waals surface area contributed by atoms with Gasteiger partial charge < -0.3 is 15.4 Å². The fourth-order valence-corrected chi connectivity index (χ4v) is 3.67. The van der Waals surface area contributed by atoms with Gasteiger partial charge in [0.2, 0.25) is 5.91 Å². The normalized spacial score (nSPS) is 17.6. The van der Waals surface area contributed by atoms with Crippen LogP contribution in [0.3, 0.4) is 0 Å². The summed E-state index contributed by atoms with van der Waals surface area (Å²) in [5, 5.41) is 7.42. The van der Waals surface area contributed by atoms with E-state index in [4.69, 9.17) is 4.74 Å². The van der Waals surface area contributed by atoms with Crippen molar-refractivity contribution in [2.75, 3.05) is 31.2 Å². The van der Waals surface area contributed by atoms with Gasteiger partial charge in [0.1, 0.15) is 11.3 Å². The number of rotatable bonds is 7. The average molecular weight is 345 g/mol. The molecule has 6 heteroatoms. The number of benzene rings is 1. The molecule has 0 bridgehead atoms. The van der Waals surface area contributed by atoms with Crippen LogP contribution in [0.5, 0.6) is 5.75 Å². The molecule has 0 aliphatic carbocycles. The number of nitrogens with zero attached hydrogens (tertiary/aromatic N) is 1. The monoisotopic (exact) mass is 345 g/mol. The lowest BCUT2D eigenvalue weighted by molar-refractivity contribution is -0.121. The highest BCUT2D eigenvalue weighted by Gasteiger charge is 2.16. The molecule has 1 aliphatic heterocycles. The molecule has 3 rings (SSSR count). The third-order valence-corrected chi connectivity index (χ3v) is 5.06. The standard InChI is InChI=1S/C18H23N3O2S/c22-17(12-15-13-24-11-9-19-15)20-8-3-10-23-16-6-1-4-14-5-2-7-21-18(14)16/h1-2,4-7,15,19H,3,8-13H2,(H,20,22). The number of carbonyl (C=O) groups excluding carboxylic acids is 1. The van der Waals surface area contributed by atoms with E-state index in [1.54, 1.807) is 6.20 Å². The topological polar surface area (TPSA) is 63.2 Å². The summed E-state index contributed by atoms with van der Waals surface area (Å²) < 4.78 is 5.82. The van der Waals surface area contributed by atoms with E-state index >= 15 is 0 Å². The van der Waals surface area contributed by atoms with E-state index in [2.05, 4.69) is 15.6 Å². The van der Waals surface area contributed by atoms with Crippen LogP contribution in [-0.4, -0.2) is 48.1 Å². The lowest BCUT2D eigenvalue weighted by atomic mass is 10.2. The molecule has 0 radical (unpaired) electrons. The minimum absolute atomic E-state index is 0.113. The maximum Gasteiger partial charge on any atom is 0.221 e. The van der Waals surface area contributed by atoms with Crippen molar-refractivity contribution in [2.24, 2.45) is 0 Å². The second-order valence-electron chi connectivity index (χ2n) is 5.81. The largest absolute Gasteiger partial charge is 0.491 e. The maximum atomic E-state index is 11.9. The van der Waals surface area contributed by atoms with E-state index in [1.165, 1.54) is 0 Å². The Balaban J connectivity index is 1.37. The van der Waals surface area contributed by atoms with Crippen LogP contribution < -0.4 is 15.4 Å². The highest BCUT2D eigenvalue weighted by atomic mass is 32.2. The first-order valence-corrected chi connectivity index (χ1v) is 9.53. The molecule has 0 spiro atoms. The number of amides is 1. The van der Waals surface area contributed by atoms with E-state index in [0.29, 0.717) is 25.6 Å². The quantitative estimate of drug-likeness (QED) is 0.754. The molecular formula is C18H23N3O2S. The van der Waals surface area contributed by atoms with Crippen LogP contribution in [0.15, 0.2) is 36.5 Å². The number of ether oxygens (including phenoxy) is 1. The van der Waals surface area contributed by atoms with Crippen molar-refractivity contribution in [1.82, 2.24) is 15.6 Å². The zero-order valence-corrected chi connectivity index (χ0v) is 14.5. The smallest absolute Gasteiger partial charge is 0.221 e. The molecule has 0 saturated carbocycles. The molecule has 1 atom stereocenters. The van der Waals surface area contributed by atoms with Gasteiger partial charge >= 0.3 is 0 Å². The van der Waals surface area contributed by atoms with Crippen LogP contribution in [0.4, 0.5) is 0 Å². The summed E-state index contributed by atoms with van der Waals surface area (Å²) in [7, 11) is 0. The number of hydrogen-bond donors (Lipinski definition) is 2. The van der Waals surface area contributed by atoms with Crippen molar-refractivity contribution < 1.29 is 9.53 Å². The molecule has 1 fully saturated rings. The van der Waals surface area contributed by atoms with Gasteiger partial charge in [0.15, 0.2) is 0 Å². The van der Waals surface area contributed by atoms with Crippen molar-refractivity contribution in [3.63, 3.8) is 0 Å². The van der Waals surface area contributed by atoms with Crippen LogP contribution >= 0.6 is 11.8 Å². The summed E-state index contributed by atoms with van der Waals surface area (Å²) in [5.74, 6) is 3.06. The van der Waals surface area contributed by atoms with Gasteiger partial charge in [-0.15, -0.1) is 0 Å². The molecule has 1 amide bonds. The van der Waals surface area contributed by atoms with Crippen molar-refractivity contribution >= 4 is 28.6 Å². The summed E-state index contributed by atoms with van der Waals surface area (Å²) in [5.41, 5.74) is 0.880. The number of hydrogen-bond acceptors (Lipinski definition) is 5. The third kappa shape index (κ3) is 4.85. The van der Waals surface area contributed by atoms with E-state index in [0.717, 1.165) is 41.1 Å². The molecule has 1 aromatic carbocycles. The van der Waals surface area contributed by atoms with Crippen LogP contribution in [0, 0.1) is 0 Å². The molecule has 2 N–H and O–H groups in total. The van der Waals surface area contributed by atoms with E-state index in [-0.39, 0.29) is 5.91 Å². The van der Waals surface area contributed by atoms with Gasteiger partial charge in [0, 0.05) is 48.6 Å². The summed E-state index contributed by atoms with van der Waals surface area (Å²) in [6, 6.07) is 10.2. The fraction of sp³-hybridized carbons (Fsp3) is 0.444. The number of thioether (sulfide) groups is 1. The van der Waals surface area contributed by atoms with Crippen LogP contribution in [0.1, 0.15) is 12.8 Å². The van der Waals surface area contributed by atoms with E-state index in [9.17, 15) is 4.79 Å². The molecule has 2 aromatic rings. The Morgan fingerprint density at radius 2 is 2.29 bits per heavy atom. The Bertz CT molecular complexity index is 669. The lowest BCUT2D eigenvalue weighted by Crippen LogP contribution is -2.41. The molecule has 5 nitrogen and oxygen atoms in total. The highest BCUT2D eigenvalue weighted by molar-refractivity contribution is 7.99. The van der Waals surface area contributed by atoms with Crippen molar-refractivity contribution in [1.29, 1.82) is 0 Å². The minimum atomic E-state index is 0.113. The Labute approximate surface area is 146 Å². The average Bonchev–Trinajstić information content (AvgIpc) is 2.62. The maximum absolute atomic E-state index is 11.9. The molecule has 1 aliphatic rings. The van der Waals surface area contributed by atoms with Crippen molar-refractivity contribution in [2.45, 2.75) is 18.9 Å². The second-order valence-corrected chi connectivity index (χ2v) is 6.96. The number of pyridine rings is 1. The Kier molecular flexibility index (Phi) is 6.32. The first-order chi connectivity index (χ1) is 11.8. The molecule has 24 heavy (non-hydrogen) atoms. The Hall–Kier alpha value is -1.79. The minimum Gasteiger partial charge on any atom is -0.491 e. The molecule has 1 unspecified atom stereocenters. The van der Waals surface area contributed by atoms with Gasteiger partial charge in [0.05, 0.1) is 6.61 Å². The fourth-order valence-electron chi connectivity index (χ4n) is 2.72. The van der Waals surface area contributed by atoms with Crippen molar-refractivity contribution in [3.8, 4) is 5.75 Å². The van der Waals surface area contributed by atoms with Crippen LogP contribution in [0.25, 0.3) is 10.9 Å². The molecular weight excluding hydrogens is 322 g/mol. The Morgan fingerprint density at radius 3 is 3.17 bits per heavy atom. The van der Waals surface area contributed by atoms with Crippen molar-refractivity contribution in [3.05, 3.63) is 36.5 Å². The first kappa shape index (κ1) is 17.0. The van der Waals surface area contributed by atoms with Gasteiger partial charge in [-0.3, -0.25) is 9.78 Å². The molecule has 2 heterocycles. The molecule has 1 saturated heterocycles. The van der Waals surface area contributed by atoms with Crippen LogP contribution in [0.2, 0.25) is 0 Å². The summed E-state index contributed by atoms with van der Waals surface area (Å²) in [6.45, 7) is 2.19. The first-order valence-electron chi connectivity index (χ1n) is 8.37. The summed E-state index contributed by atoms with van der Waals surface area (Å²) in [6.07, 6.45) is 3.11. The number of carbonyl (C=O) groups is 1. The van der Waals surface area contributed by atoms with Gasteiger partial charge in [-0.05, 0) is 18.6 Å². The third-order valence-electron chi connectivity index (χ3n) is 3.93. The summed E-state index contributed by atoms with van der Waals surface area (Å²) >= 11 is 1.91. The van der Waals surface area contributed by atoms with Gasteiger partial charge in [-0.2, -0.15) is 11.8 Å². The lowest BCUT2D eigenvalue weighted by Gasteiger charge is -2.22. The van der Waals surface area contributed by atoms with E-state index in [1.807, 2.05) is 42.1 Å². The number of fused-ring (bicyclic) bond motifs is 1. The highest BCUT2D eigenvalue weighted by Crippen LogP contribution is 2.22. The molecule has 1 aromatic heterocycles. The zero-order chi connectivity index (χ0) is 16.6. The number of para-hydroxylation sites is 1. The number of aromatic nitrogens is 1. The van der Waals surface area contributed by atoms with Gasteiger partial charge in [-0.25, -0.2) is 0 Å². The van der Waals surface area contributed by atoms with Crippen LogP contribution in [-0.2, 0) is 4.79 Å². The van der Waals surface area contributed by atoms with E-state index < -0.39 is 0 Å². The zero-order valence-electron chi connectivity index (χ0n) is 13.7. The summed E-state index contributed by atoms with van der Waals surface area (Å²) in [4.78, 5) is 16.3. The molecule has 128 valence electrons. The predicted octanol–water partition coefficient (Wildman–Crippen LogP) is 2.21.